The van der Waals surface area contributed by atoms with E-state index in [9.17, 15) is 4.79 Å². The Morgan fingerprint density at radius 3 is 2.85 bits per heavy atom. The van der Waals surface area contributed by atoms with Crippen molar-refractivity contribution in [3.63, 3.8) is 0 Å². The molecule has 0 bridgehead atoms. The molecule has 1 aliphatic rings. The van der Waals surface area contributed by atoms with Gasteiger partial charge in [0.05, 0.1) is 13.7 Å². The van der Waals surface area contributed by atoms with Crippen LogP contribution in [0.15, 0.2) is 42.5 Å². The van der Waals surface area contributed by atoms with Gasteiger partial charge in [-0.2, -0.15) is 0 Å². The molecule has 1 N–H and O–H groups in total. The summed E-state index contributed by atoms with van der Waals surface area (Å²) in [7, 11) is 3.58. The number of hydrogen-bond acceptors (Lipinski definition) is 5. The van der Waals surface area contributed by atoms with Crippen molar-refractivity contribution in [3.05, 3.63) is 53.6 Å². The Hall–Kier alpha value is -2.73. The lowest BCUT2D eigenvalue weighted by molar-refractivity contribution is -0.122. The topological polar surface area (TPSA) is 60.0 Å². The zero-order valence-corrected chi connectivity index (χ0v) is 15.2. The highest BCUT2D eigenvalue weighted by atomic mass is 16.7. The number of ether oxygens (including phenoxy) is 3. The molecule has 0 aromatic heterocycles. The summed E-state index contributed by atoms with van der Waals surface area (Å²) < 4.78 is 16.0. The van der Waals surface area contributed by atoms with E-state index in [0.29, 0.717) is 19.6 Å². The molecule has 0 atom stereocenters. The highest BCUT2D eigenvalue weighted by Gasteiger charge is 2.14. The number of nitrogens with one attached hydrogen (secondary N) is 1. The highest BCUT2D eigenvalue weighted by Crippen LogP contribution is 2.32. The van der Waals surface area contributed by atoms with Crippen molar-refractivity contribution in [1.29, 1.82) is 0 Å². The van der Waals surface area contributed by atoms with Crippen molar-refractivity contribution >= 4 is 5.91 Å². The fourth-order valence-corrected chi connectivity index (χ4v) is 2.95. The molecule has 2 aromatic carbocycles. The standard InChI is InChI=1S/C20H24N2O4/c1-22(12-15-7-8-18-19(11-15)26-14-25-18)13-20(23)21-10-9-16-5-3-4-6-17(16)24-2/h3-8,11H,9-10,12-14H2,1-2H3,(H,21,23). The summed E-state index contributed by atoms with van der Waals surface area (Å²) in [5, 5.41) is 2.96. The number of amides is 1. The van der Waals surface area contributed by atoms with Crippen LogP contribution in [-0.2, 0) is 17.8 Å². The van der Waals surface area contributed by atoms with Crippen molar-refractivity contribution in [3.8, 4) is 17.2 Å². The molecular weight excluding hydrogens is 332 g/mol. The van der Waals surface area contributed by atoms with Crippen LogP contribution >= 0.6 is 0 Å². The second-order valence-corrected chi connectivity index (χ2v) is 6.27. The molecule has 0 saturated carbocycles. The summed E-state index contributed by atoms with van der Waals surface area (Å²) in [6.07, 6.45) is 0.738. The van der Waals surface area contributed by atoms with E-state index in [4.69, 9.17) is 14.2 Å². The van der Waals surface area contributed by atoms with Gasteiger partial charge in [0.2, 0.25) is 12.7 Å². The van der Waals surface area contributed by atoms with Gasteiger partial charge < -0.3 is 19.5 Å². The molecule has 138 valence electrons. The zero-order chi connectivity index (χ0) is 18.4. The third-order valence-corrected chi connectivity index (χ3v) is 4.21. The molecule has 1 heterocycles. The second kappa shape index (κ2) is 8.58. The van der Waals surface area contributed by atoms with Gasteiger partial charge in [-0.15, -0.1) is 0 Å². The second-order valence-electron chi connectivity index (χ2n) is 6.27. The quantitative estimate of drug-likeness (QED) is 0.786. The molecule has 6 heteroatoms. The maximum atomic E-state index is 12.1. The van der Waals surface area contributed by atoms with Gasteiger partial charge in [0.15, 0.2) is 11.5 Å². The highest BCUT2D eigenvalue weighted by molar-refractivity contribution is 5.78. The minimum atomic E-state index is 0.00291. The molecule has 2 aromatic rings. The number of benzene rings is 2. The number of rotatable bonds is 8. The average Bonchev–Trinajstić information content (AvgIpc) is 3.09. The Labute approximate surface area is 153 Å². The minimum absolute atomic E-state index is 0.00291. The van der Waals surface area contributed by atoms with E-state index >= 15 is 0 Å². The van der Waals surface area contributed by atoms with Crippen LogP contribution in [0.2, 0.25) is 0 Å². The van der Waals surface area contributed by atoms with E-state index in [2.05, 4.69) is 5.32 Å². The number of hydrogen-bond donors (Lipinski definition) is 1. The fourth-order valence-electron chi connectivity index (χ4n) is 2.95. The van der Waals surface area contributed by atoms with Crippen molar-refractivity contribution in [2.75, 3.05) is 34.0 Å². The first-order valence-corrected chi connectivity index (χ1v) is 8.61. The lowest BCUT2D eigenvalue weighted by Gasteiger charge is -2.17. The third-order valence-electron chi connectivity index (χ3n) is 4.21. The maximum absolute atomic E-state index is 12.1. The number of carbonyl (C=O) groups is 1. The van der Waals surface area contributed by atoms with Crippen LogP contribution in [-0.4, -0.2) is 44.8 Å². The molecule has 0 unspecified atom stereocenters. The van der Waals surface area contributed by atoms with Gasteiger partial charge in [-0.1, -0.05) is 24.3 Å². The molecule has 3 rings (SSSR count). The molecule has 1 aliphatic heterocycles. The van der Waals surface area contributed by atoms with Crippen molar-refractivity contribution in [2.24, 2.45) is 0 Å². The van der Waals surface area contributed by atoms with Gasteiger partial charge in [-0.3, -0.25) is 9.69 Å². The zero-order valence-electron chi connectivity index (χ0n) is 15.2. The van der Waals surface area contributed by atoms with Crippen molar-refractivity contribution in [1.82, 2.24) is 10.2 Å². The van der Waals surface area contributed by atoms with Gasteiger partial charge in [-0.25, -0.2) is 0 Å². The Balaban J connectivity index is 1.43. The minimum Gasteiger partial charge on any atom is -0.496 e. The van der Waals surface area contributed by atoms with E-state index in [1.54, 1.807) is 7.11 Å². The van der Waals surface area contributed by atoms with Crippen LogP contribution in [0.25, 0.3) is 0 Å². The summed E-state index contributed by atoms with van der Waals surface area (Å²) in [6.45, 7) is 1.84. The number of fused-ring (bicyclic) bond motifs is 1. The third kappa shape index (κ3) is 4.67. The van der Waals surface area contributed by atoms with Gasteiger partial charge in [-0.05, 0) is 42.8 Å². The summed E-state index contributed by atoms with van der Waals surface area (Å²) >= 11 is 0. The molecule has 0 aliphatic carbocycles. The lowest BCUT2D eigenvalue weighted by Crippen LogP contribution is -2.35. The fraction of sp³-hybridized carbons (Fsp3) is 0.350. The van der Waals surface area contributed by atoms with Crippen LogP contribution in [0.5, 0.6) is 17.2 Å². The molecule has 0 saturated heterocycles. The van der Waals surface area contributed by atoms with Crippen LogP contribution < -0.4 is 19.5 Å². The summed E-state index contributed by atoms with van der Waals surface area (Å²) in [5.74, 6) is 2.38. The van der Waals surface area contributed by atoms with E-state index in [-0.39, 0.29) is 12.7 Å². The SMILES string of the molecule is COc1ccccc1CCNC(=O)CN(C)Cc1ccc2c(c1)OCO2. The Kier molecular flexibility index (Phi) is 5.96. The monoisotopic (exact) mass is 356 g/mol. The number of methoxy groups -OCH3 is 1. The Bertz CT molecular complexity index is 763. The van der Waals surface area contributed by atoms with Crippen LogP contribution in [0.3, 0.4) is 0 Å². The maximum Gasteiger partial charge on any atom is 0.234 e. The van der Waals surface area contributed by atoms with Crippen LogP contribution in [0.4, 0.5) is 0 Å². The number of para-hydroxylation sites is 1. The molecule has 6 nitrogen and oxygen atoms in total. The van der Waals surface area contributed by atoms with Crippen LogP contribution in [0.1, 0.15) is 11.1 Å². The molecule has 1 amide bonds. The summed E-state index contributed by atoms with van der Waals surface area (Å²) in [6, 6.07) is 13.7. The lowest BCUT2D eigenvalue weighted by atomic mass is 10.1. The number of likely N-dealkylation sites (N-methyl/N-ethyl adjacent to an activating group) is 1. The molecule has 0 fully saturated rings. The Morgan fingerprint density at radius 1 is 1.19 bits per heavy atom. The summed E-state index contributed by atoms with van der Waals surface area (Å²) in [4.78, 5) is 14.1. The largest absolute Gasteiger partial charge is 0.496 e. The molecule has 0 spiro atoms. The van der Waals surface area contributed by atoms with Crippen LogP contribution in [0, 0.1) is 0 Å². The normalized spacial score (nSPS) is 12.3. The van der Waals surface area contributed by atoms with Gasteiger partial charge >= 0.3 is 0 Å². The first-order chi connectivity index (χ1) is 12.7. The number of nitrogens with zero attached hydrogens (tertiary/aromatic N) is 1. The summed E-state index contributed by atoms with van der Waals surface area (Å²) in [5.41, 5.74) is 2.17. The van der Waals surface area contributed by atoms with Gasteiger partial charge in [0, 0.05) is 13.1 Å². The van der Waals surface area contributed by atoms with E-state index in [0.717, 1.165) is 34.8 Å². The number of carbonyl (C=O) groups excluding carboxylic acids is 1. The first kappa shape index (κ1) is 18.1. The van der Waals surface area contributed by atoms with Crippen molar-refractivity contribution < 1.29 is 19.0 Å². The van der Waals surface area contributed by atoms with Crippen molar-refractivity contribution in [2.45, 2.75) is 13.0 Å². The van der Waals surface area contributed by atoms with E-state index in [1.165, 1.54) is 0 Å². The molecule has 26 heavy (non-hydrogen) atoms. The van der Waals surface area contributed by atoms with E-state index in [1.807, 2.05) is 54.4 Å². The Morgan fingerprint density at radius 2 is 2.00 bits per heavy atom. The smallest absolute Gasteiger partial charge is 0.234 e. The average molecular weight is 356 g/mol. The predicted molar refractivity (Wildman–Crippen MR) is 98.6 cm³/mol. The van der Waals surface area contributed by atoms with E-state index < -0.39 is 0 Å². The van der Waals surface area contributed by atoms with Gasteiger partial charge in [0.1, 0.15) is 5.75 Å². The van der Waals surface area contributed by atoms with Gasteiger partial charge in [0.25, 0.3) is 0 Å². The predicted octanol–water partition coefficient (Wildman–Crippen LogP) is 2.21. The molecular formula is C20H24N2O4. The first-order valence-electron chi connectivity index (χ1n) is 8.61. The molecule has 0 radical (unpaired) electrons.